The van der Waals surface area contributed by atoms with E-state index in [1.54, 1.807) is 0 Å². The second kappa shape index (κ2) is 5.97. The van der Waals surface area contributed by atoms with Crippen LogP contribution < -0.4 is 5.73 Å². The van der Waals surface area contributed by atoms with E-state index in [1.165, 1.54) is 18.9 Å². The van der Waals surface area contributed by atoms with Crippen LogP contribution in [-0.4, -0.2) is 46.0 Å². The van der Waals surface area contributed by atoms with Crippen molar-refractivity contribution in [3.63, 3.8) is 0 Å². The summed E-state index contributed by atoms with van der Waals surface area (Å²) in [6, 6.07) is 6.09. The molecule has 0 bridgehead atoms. The number of likely N-dealkylation sites (N-methyl/N-ethyl adjacent to an activating group) is 1. The average molecular weight is 289 g/mol. The molecule has 4 N–H and O–H groups in total. The number of H-pyrrole nitrogens is 1. The maximum Gasteiger partial charge on any atom is 0.326 e. The number of carbonyl (C=O) groups excluding carboxylic acids is 1. The van der Waals surface area contributed by atoms with Gasteiger partial charge in [-0.2, -0.15) is 0 Å². The first kappa shape index (κ1) is 15.1. The Morgan fingerprint density at radius 3 is 2.71 bits per heavy atom. The van der Waals surface area contributed by atoms with Crippen LogP contribution in [0.3, 0.4) is 0 Å². The van der Waals surface area contributed by atoms with E-state index in [1.807, 2.05) is 30.5 Å². The van der Waals surface area contributed by atoms with E-state index >= 15 is 0 Å². The van der Waals surface area contributed by atoms with Crippen molar-refractivity contribution in [2.75, 3.05) is 7.05 Å². The maximum atomic E-state index is 12.2. The molecule has 0 fully saturated rings. The second-order valence-corrected chi connectivity index (χ2v) is 5.13. The fourth-order valence-electron chi connectivity index (χ4n) is 2.24. The maximum absolute atomic E-state index is 12.2. The monoisotopic (exact) mass is 289 g/mol. The number of fused-ring (bicyclic) bond motifs is 1. The van der Waals surface area contributed by atoms with Gasteiger partial charge in [0.25, 0.3) is 0 Å². The standard InChI is InChI=1S/C15H19N3O3/c1-9(15(20)21)18(2)14(19)12(16)7-10-8-17-13-6-4-3-5-11(10)13/h3-6,8-9,12,17H,7,16H2,1-2H3,(H,20,21). The van der Waals surface area contributed by atoms with Gasteiger partial charge in [0.15, 0.2) is 0 Å². The van der Waals surface area contributed by atoms with Crippen LogP contribution in [0.2, 0.25) is 0 Å². The summed E-state index contributed by atoms with van der Waals surface area (Å²) in [6.07, 6.45) is 2.19. The van der Waals surface area contributed by atoms with Gasteiger partial charge in [0, 0.05) is 24.1 Å². The first-order chi connectivity index (χ1) is 9.91. The fraction of sp³-hybridized carbons (Fsp3) is 0.333. The summed E-state index contributed by atoms with van der Waals surface area (Å²) in [4.78, 5) is 27.4. The molecule has 6 nitrogen and oxygen atoms in total. The molecular formula is C15H19N3O3. The smallest absolute Gasteiger partial charge is 0.326 e. The number of amides is 1. The predicted octanol–water partition coefficient (Wildman–Crippen LogP) is 0.969. The molecular weight excluding hydrogens is 270 g/mol. The van der Waals surface area contributed by atoms with E-state index in [0.717, 1.165) is 16.5 Å². The number of nitrogens with two attached hydrogens (primary N) is 1. The third-order valence-electron chi connectivity index (χ3n) is 3.72. The molecule has 112 valence electrons. The predicted molar refractivity (Wildman–Crippen MR) is 79.8 cm³/mol. The number of hydrogen-bond donors (Lipinski definition) is 3. The van der Waals surface area contributed by atoms with Gasteiger partial charge in [-0.3, -0.25) is 4.79 Å². The Hall–Kier alpha value is -2.34. The zero-order chi connectivity index (χ0) is 15.6. The summed E-state index contributed by atoms with van der Waals surface area (Å²) >= 11 is 0. The molecule has 0 saturated carbocycles. The third-order valence-corrected chi connectivity index (χ3v) is 3.72. The molecule has 1 aromatic carbocycles. The van der Waals surface area contributed by atoms with Crippen LogP contribution in [0, 0.1) is 0 Å². The van der Waals surface area contributed by atoms with E-state index in [-0.39, 0.29) is 5.91 Å². The topological polar surface area (TPSA) is 99.4 Å². The van der Waals surface area contributed by atoms with Gasteiger partial charge in [-0.25, -0.2) is 4.79 Å². The quantitative estimate of drug-likeness (QED) is 0.763. The number of nitrogens with one attached hydrogen (secondary N) is 1. The van der Waals surface area contributed by atoms with Crippen molar-refractivity contribution in [2.24, 2.45) is 5.73 Å². The molecule has 0 radical (unpaired) electrons. The number of carboxylic acid groups (broad SMARTS) is 1. The normalized spacial score (nSPS) is 13.9. The van der Waals surface area contributed by atoms with E-state index in [2.05, 4.69) is 4.98 Å². The summed E-state index contributed by atoms with van der Waals surface area (Å²) in [6.45, 7) is 1.46. The van der Waals surface area contributed by atoms with Crippen molar-refractivity contribution in [3.8, 4) is 0 Å². The van der Waals surface area contributed by atoms with Crippen molar-refractivity contribution in [1.29, 1.82) is 0 Å². The van der Waals surface area contributed by atoms with Crippen LogP contribution in [0.15, 0.2) is 30.5 Å². The molecule has 2 unspecified atom stereocenters. The molecule has 0 spiro atoms. The van der Waals surface area contributed by atoms with Gasteiger partial charge in [0.05, 0.1) is 6.04 Å². The summed E-state index contributed by atoms with van der Waals surface area (Å²) in [5.74, 6) is -1.43. The summed E-state index contributed by atoms with van der Waals surface area (Å²) in [5.41, 5.74) is 7.87. The number of aromatic nitrogens is 1. The van der Waals surface area contributed by atoms with Crippen LogP contribution in [0.5, 0.6) is 0 Å². The minimum atomic E-state index is -1.05. The van der Waals surface area contributed by atoms with Gasteiger partial charge < -0.3 is 20.7 Å². The number of rotatable bonds is 5. The van der Waals surface area contributed by atoms with Gasteiger partial charge in [0.2, 0.25) is 5.91 Å². The fourth-order valence-corrected chi connectivity index (χ4v) is 2.24. The van der Waals surface area contributed by atoms with E-state index < -0.39 is 18.1 Å². The molecule has 1 amide bonds. The van der Waals surface area contributed by atoms with E-state index in [9.17, 15) is 9.59 Å². The van der Waals surface area contributed by atoms with Gasteiger partial charge in [0.1, 0.15) is 6.04 Å². The number of para-hydroxylation sites is 1. The Morgan fingerprint density at radius 1 is 1.38 bits per heavy atom. The largest absolute Gasteiger partial charge is 0.480 e. The lowest BCUT2D eigenvalue weighted by atomic mass is 10.0. The summed E-state index contributed by atoms with van der Waals surface area (Å²) in [5, 5.41) is 9.96. The molecule has 1 heterocycles. The van der Waals surface area contributed by atoms with Gasteiger partial charge in [-0.15, -0.1) is 0 Å². The molecule has 0 aliphatic carbocycles. The summed E-state index contributed by atoms with van der Waals surface area (Å²) < 4.78 is 0. The molecule has 2 aromatic rings. The van der Waals surface area contributed by atoms with Crippen molar-refractivity contribution in [2.45, 2.75) is 25.4 Å². The lowest BCUT2D eigenvalue weighted by Gasteiger charge is -2.24. The first-order valence-electron chi connectivity index (χ1n) is 6.72. The molecule has 1 aromatic heterocycles. The molecule has 2 rings (SSSR count). The molecule has 0 saturated heterocycles. The number of carboxylic acids is 1. The van der Waals surface area contributed by atoms with Crippen LogP contribution in [-0.2, 0) is 16.0 Å². The molecule has 6 heteroatoms. The van der Waals surface area contributed by atoms with Crippen LogP contribution in [0.4, 0.5) is 0 Å². The number of hydrogen-bond acceptors (Lipinski definition) is 3. The highest BCUT2D eigenvalue weighted by Gasteiger charge is 2.26. The number of benzene rings is 1. The lowest BCUT2D eigenvalue weighted by Crippen LogP contribution is -2.49. The Labute approximate surface area is 122 Å². The van der Waals surface area contributed by atoms with Crippen molar-refractivity contribution in [1.82, 2.24) is 9.88 Å². The van der Waals surface area contributed by atoms with Crippen molar-refractivity contribution in [3.05, 3.63) is 36.0 Å². The lowest BCUT2D eigenvalue weighted by molar-refractivity contribution is -0.148. The highest BCUT2D eigenvalue weighted by atomic mass is 16.4. The van der Waals surface area contributed by atoms with Crippen LogP contribution in [0.25, 0.3) is 10.9 Å². The van der Waals surface area contributed by atoms with Gasteiger partial charge in [-0.05, 0) is 25.0 Å². The van der Waals surface area contributed by atoms with E-state index in [4.69, 9.17) is 10.8 Å². The number of nitrogens with zero attached hydrogens (tertiary/aromatic N) is 1. The highest BCUT2D eigenvalue weighted by Crippen LogP contribution is 2.19. The highest BCUT2D eigenvalue weighted by molar-refractivity contribution is 5.88. The SMILES string of the molecule is CC(C(=O)O)N(C)C(=O)C(N)Cc1c[nH]c2ccccc12. The first-order valence-corrected chi connectivity index (χ1v) is 6.72. The molecule has 21 heavy (non-hydrogen) atoms. The second-order valence-electron chi connectivity index (χ2n) is 5.13. The average Bonchev–Trinajstić information content (AvgIpc) is 2.88. The molecule has 0 aliphatic rings. The van der Waals surface area contributed by atoms with Crippen LogP contribution in [0.1, 0.15) is 12.5 Å². The number of carbonyl (C=O) groups is 2. The zero-order valence-electron chi connectivity index (χ0n) is 12.0. The van der Waals surface area contributed by atoms with E-state index in [0.29, 0.717) is 6.42 Å². The minimum absolute atomic E-state index is 0.361. The Bertz CT molecular complexity index is 665. The number of aromatic amines is 1. The third kappa shape index (κ3) is 3.05. The molecule has 0 aliphatic heterocycles. The Morgan fingerprint density at radius 2 is 2.05 bits per heavy atom. The minimum Gasteiger partial charge on any atom is -0.480 e. The van der Waals surface area contributed by atoms with Crippen molar-refractivity contribution >= 4 is 22.8 Å². The Kier molecular flexibility index (Phi) is 4.28. The van der Waals surface area contributed by atoms with Gasteiger partial charge in [-0.1, -0.05) is 18.2 Å². The van der Waals surface area contributed by atoms with Crippen molar-refractivity contribution < 1.29 is 14.7 Å². The van der Waals surface area contributed by atoms with Crippen LogP contribution >= 0.6 is 0 Å². The number of aliphatic carboxylic acids is 1. The summed E-state index contributed by atoms with van der Waals surface area (Å²) in [7, 11) is 1.45. The zero-order valence-corrected chi connectivity index (χ0v) is 12.0. The van der Waals surface area contributed by atoms with Gasteiger partial charge >= 0.3 is 5.97 Å². The Balaban J connectivity index is 2.12. The molecule has 2 atom stereocenters.